The highest BCUT2D eigenvalue weighted by atomic mass is 16.5. The molecule has 32 heavy (non-hydrogen) atoms. The predicted molar refractivity (Wildman–Crippen MR) is 130 cm³/mol. The summed E-state index contributed by atoms with van der Waals surface area (Å²) in [5.74, 6) is 3.85. The normalized spacial score (nSPS) is 44.3. The molecule has 0 saturated heterocycles. The van der Waals surface area contributed by atoms with Crippen LogP contribution in [0.1, 0.15) is 106 Å². The van der Waals surface area contributed by atoms with E-state index in [1.165, 1.54) is 57.4 Å². The Kier molecular flexibility index (Phi) is 6.90. The lowest BCUT2D eigenvalue weighted by molar-refractivity contribution is -0.149. The van der Waals surface area contributed by atoms with Crippen LogP contribution in [0.25, 0.3) is 0 Å². The van der Waals surface area contributed by atoms with Crippen LogP contribution in [0.15, 0.2) is 11.6 Å². The Hall–Kier alpha value is -0.830. The van der Waals surface area contributed by atoms with E-state index >= 15 is 0 Å². The number of rotatable bonds is 6. The van der Waals surface area contributed by atoms with Crippen LogP contribution in [-0.2, 0) is 9.53 Å². The second kappa shape index (κ2) is 9.08. The van der Waals surface area contributed by atoms with Gasteiger partial charge in [0.25, 0.3) is 0 Å². The molecule has 0 aliphatic heterocycles. The number of ether oxygens (including phenoxy) is 1. The van der Waals surface area contributed by atoms with Crippen LogP contribution < -0.4 is 0 Å². The summed E-state index contributed by atoms with van der Waals surface area (Å²) < 4.78 is 5.57. The van der Waals surface area contributed by atoms with Gasteiger partial charge >= 0.3 is 5.97 Å². The topological polar surface area (TPSA) is 46.5 Å². The number of hydrogen-bond acceptors (Lipinski definition) is 3. The average molecular weight is 445 g/mol. The molecular weight excluding hydrogens is 396 g/mol. The quantitative estimate of drug-likeness (QED) is 0.357. The molecule has 3 heteroatoms. The van der Waals surface area contributed by atoms with Crippen LogP contribution in [0.4, 0.5) is 0 Å². The number of aliphatic hydroxyl groups excluding tert-OH is 1. The molecule has 1 N–H and O–H groups in total. The van der Waals surface area contributed by atoms with E-state index in [9.17, 15) is 9.90 Å². The van der Waals surface area contributed by atoms with Gasteiger partial charge in [-0.25, -0.2) is 0 Å². The Morgan fingerprint density at radius 1 is 1.09 bits per heavy atom. The summed E-state index contributed by atoms with van der Waals surface area (Å²) >= 11 is 0. The van der Waals surface area contributed by atoms with E-state index in [1.54, 1.807) is 0 Å². The molecule has 182 valence electrons. The minimum absolute atomic E-state index is 0.00742. The lowest BCUT2D eigenvalue weighted by Gasteiger charge is -2.59. The molecule has 0 aromatic rings. The Morgan fingerprint density at radius 3 is 2.53 bits per heavy atom. The summed E-state index contributed by atoms with van der Waals surface area (Å²) in [7, 11) is 0. The zero-order chi connectivity index (χ0) is 23.3. The first-order valence-corrected chi connectivity index (χ1v) is 13.6. The van der Waals surface area contributed by atoms with E-state index in [-0.39, 0.29) is 23.6 Å². The molecule has 0 aromatic carbocycles. The lowest BCUT2D eigenvalue weighted by atomic mass is 9.46. The molecule has 0 amide bonds. The second-order valence-electron chi connectivity index (χ2n) is 12.9. The van der Waals surface area contributed by atoms with Gasteiger partial charge in [-0.05, 0) is 84.9 Å². The van der Waals surface area contributed by atoms with Crippen molar-refractivity contribution in [1.82, 2.24) is 0 Å². The van der Waals surface area contributed by atoms with Crippen molar-refractivity contribution < 1.29 is 14.6 Å². The maximum absolute atomic E-state index is 11.5. The number of fused-ring (bicyclic) bond motifs is 5. The van der Waals surface area contributed by atoms with Crippen LogP contribution in [0.3, 0.4) is 0 Å². The molecule has 0 bridgehead atoms. The molecular formula is C29H48O3. The fourth-order valence-corrected chi connectivity index (χ4v) is 8.98. The Bertz CT molecular complexity index is 726. The molecule has 4 rings (SSSR count). The van der Waals surface area contributed by atoms with Gasteiger partial charge < -0.3 is 9.84 Å². The number of esters is 1. The van der Waals surface area contributed by atoms with Gasteiger partial charge in [-0.3, -0.25) is 4.79 Å². The number of hydrogen-bond donors (Lipinski definition) is 1. The molecule has 0 aromatic heterocycles. The van der Waals surface area contributed by atoms with E-state index < -0.39 is 0 Å². The van der Waals surface area contributed by atoms with Crippen LogP contribution in [0, 0.1) is 46.3 Å². The first kappa shape index (κ1) is 24.3. The molecule has 4 aliphatic rings. The average Bonchev–Trinajstić information content (AvgIpc) is 3.05. The molecule has 0 heterocycles. The van der Waals surface area contributed by atoms with Crippen molar-refractivity contribution in [2.45, 2.75) is 118 Å². The fourth-order valence-electron chi connectivity index (χ4n) is 8.98. The van der Waals surface area contributed by atoms with Gasteiger partial charge in [-0.1, -0.05) is 65.5 Å². The third-order valence-electron chi connectivity index (χ3n) is 10.6. The van der Waals surface area contributed by atoms with Gasteiger partial charge in [-0.15, -0.1) is 0 Å². The minimum Gasteiger partial charge on any atom is -0.462 e. The summed E-state index contributed by atoms with van der Waals surface area (Å²) in [6.07, 6.45) is 14.0. The van der Waals surface area contributed by atoms with Crippen LogP contribution in [0.5, 0.6) is 0 Å². The van der Waals surface area contributed by atoms with Crippen molar-refractivity contribution in [2.75, 3.05) is 0 Å². The Balaban J connectivity index is 1.51. The van der Waals surface area contributed by atoms with Gasteiger partial charge in [0.15, 0.2) is 0 Å². The van der Waals surface area contributed by atoms with Crippen molar-refractivity contribution in [1.29, 1.82) is 0 Å². The molecule has 3 fully saturated rings. The molecule has 3 nitrogen and oxygen atoms in total. The molecule has 4 aliphatic carbocycles. The number of carbonyl (C=O) groups excluding carboxylic acids is 1. The van der Waals surface area contributed by atoms with Crippen LogP contribution >= 0.6 is 0 Å². The smallest absolute Gasteiger partial charge is 0.302 e. The fraction of sp³-hybridized carbons (Fsp3) is 0.897. The number of carbonyl (C=O) groups is 1. The second-order valence-corrected chi connectivity index (χ2v) is 12.9. The van der Waals surface area contributed by atoms with Gasteiger partial charge in [0.05, 0.1) is 6.10 Å². The van der Waals surface area contributed by atoms with E-state index in [0.717, 1.165) is 37.0 Å². The van der Waals surface area contributed by atoms with Crippen molar-refractivity contribution in [3.63, 3.8) is 0 Å². The van der Waals surface area contributed by atoms with E-state index in [0.29, 0.717) is 23.2 Å². The minimum atomic E-state index is -0.334. The van der Waals surface area contributed by atoms with Crippen molar-refractivity contribution in [3.8, 4) is 0 Å². The lowest BCUT2D eigenvalue weighted by Crippen LogP contribution is -2.55. The molecule has 5 unspecified atom stereocenters. The maximum atomic E-state index is 11.5. The summed E-state index contributed by atoms with van der Waals surface area (Å²) in [5, 5.41) is 11.4. The summed E-state index contributed by atoms with van der Waals surface area (Å²) in [6, 6.07) is 0. The van der Waals surface area contributed by atoms with E-state index in [2.05, 4.69) is 40.7 Å². The van der Waals surface area contributed by atoms with Crippen LogP contribution in [0.2, 0.25) is 0 Å². The molecule has 0 spiro atoms. The van der Waals surface area contributed by atoms with E-state index in [1.807, 2.05) is 0 Å². The summed E-state index contributed by atoms with van der Waals surface area (Å²) in [6.45, 7) is 13.7. The summed E-state index contributed by atoms with van der Waals surface area (Å²) in [5.41, 5.74) is 1.92. The Labute approximate surface area is 196 Å². The maximum Gasteiger partial charge on any atom is 0.302 e. The standard InChI is InChI=1S/C29H48O3/c1-18(2)8-7-9-19(3)23-10-11-24-27-25(13-15-29(23,24)6)28(5)14-12-22(32-20(4)30)16-21(28)17-26(27)31/h17-19,22-27,31H,7-16H2,1-6H3/t19-,22?,23-,24?,25?,26?,27?,28+,29-/m1/s1. The zero-order valence-corrected chi connectivity index (χ0v) is 21.5. The third kappa shape index (κ3) is 4.21. The largest absolute Gasteiger partial charge is 0.462 e. The highest BCUT2D eigenvalue weighted by Crippen LogP contribution is 2.67. The first-order valence-electron chi connectivity index (χ1n) is 13.6. The SMILES string of the molecule is CC(=O)OC1CC[C@@]2(C)C(=CC(O)C3C2CC[C@@]2(C)C3CC[C@@H]2[C@H](C)CCCC(C)C)C1. The summed E-state index contributed by atoms with van der Waals surface area (Å²) in [4.78, 5) is 11.5. The molecule has 0 radical (unpaired) electrons. The molecule has 9 atom stereocenters. The highest BCUT2D eigenvalue weighted by Gasteiger charge is 2.61. The Morgan fingerprint density at radius 2 is 1.84 bits per heavy atom. The van der Waals surface area contributed by atoms with Gasteiger partial charge in [-0.2, -0.15) is 0 Å². The van der Waals surface area contributed by atoms with Crippen molar-refractivity contribution in [2.24, 2.45) is 46.3 Å². The number of aliphatic hydroxyl groups is 1. The highest BCUT2D eigenvalue weighted by molar-refractivity contribution is 5.66. The van der Waals surface area contributed by atoms with E-state index in [4.69, 9.17) is 4.74 Å². The predicted octanol–water partition coefficient (Wildman–Crippen LogP) is 6.93. The van der Waals surface area contributed by atoms with Gasteiger partial charge in [0, 0.05) is 13.3 Å². The van der Waals surface area contributed by atoms with Crippen molar-refractivity contribution in [3.05, 3.63) is 11.6 Å². The van der Waals surface area contributed by atoms with Gasteiger partial charge in [0.2, 0.25) is 0 Å². The van der Waals surface area contributed by atoms with Crippen molar-refractivity contribution >= 4 is 5.97 Å². The third-order valence-corrected chi connectivity index (χ3v) is 10.6. The van der Waals surface area contributed by atoms with Gasteiger partial charge in [0.1, 0.15) is 6.10 Å². The molecule has 3 saturated carbocycles. The zero-order valence-electron chi connectivity index (χ0n) is 21.5. The first-order chi connectivity index (χ1) is 15.1. The van der Waals surface area contributed by atoms with Crippen LogP contribution in [-0.4, -0.2) is 23.3 Å². The monoisotopic (exact) mass is 444 g/mol.